The predicted molar refractivity (Wildman–Crippen MR) is 84.3 cm³/mol. The summed E-state index contributed by atoms with van der Waals surface area (Å²) in [5.41, 5.74) is 0. The standard InChI is InChI=1S/C16H25N3O5/c1-11-4-3-5-12(2)18(11)10-13(20)17-9-8-16(23)24-19-14(21)6-7-15(19)22/h11-12H,3-10H2,1-2H3,(H,17,20)/t11-,12+/i1+1,2+1,10+1,13+1,17+1. The molecule has 2 atom stereocenters. The topological polar surface area (TPSA) is 96.0 Å². The third-order valence-corrected chi connectivity index (χ3v) is 4.55. The van der Waals surface area contributed by atoms with Crippen molar-refractivity contribution >= 4 is 23.7 Å². The number of hydrogen-bond donors (Lipinski definition) is 1. The van der Waals surface area contributed by atoms with Crippen LogP contribution >= 0.6 is 0 Å². The highest BCUT2D eigenvalue weighted by Crippen LogP contribution is 2.21. The van der Waals surface area contributed by atoms with E-state index in [0.29, 0.717) is 23.7 Å². The van der Waals surface area contributed by atoms with Crippen LogP contribution in [0.25, 0.3) is 0 Å². The van der Waals surface area contributed by atoms with Crippen LogP contribution in [0.3, 0.4) is 0 Å². The maximum Gasteiger partial charge on any atom is 0.334 e. The summed E-state index contributed by atoms with van der Waals surface area (Å²) in [6.07, 6.45) is 3.39. The van der Waals surface area contributed by atoms with Gasteiger partial charge in [0.25, 0.3) is 11.8 Å². The zero-order valence-corrected chi connectivity index (χ0v) is 14.2. The van der Waals surface area contributed by atoms with Crippen molar-refractivity contribution in [3.63, 3.8) is 0 Å². The molecule has 0 bridgehead atoms. The molecular formula is C16H25N3O5. The number of nitrogens with one attached hydrogen (secondary N) is 1. The van der Waals surface area contributed by atoms with Crippen LogP contribution in [0.1, 0.15) is 52.4 Å². The maximum absolute atomic E-state index is 12.0. The van der Waals surface area contributed by atoms with Crippen molar-refractivity contribution < 1.29 is 24.0 Å². The molecule has 0 aliphatic carbocycles. The van der Waals surface area contributed by atoms with Crippen molar-refractivity contribution in [3.8, 4) is 0 Å². The number of carbonyl (C=O) groups is 4. The van der Waals surface area contributed by atoms with Gasteiger partial charge in [0.1, 0.15) is 0 Å². The number of carbonyl (C=O) groups excluding carboxylic acids is 4. The van der Waals surface area contributed by atoms with E-state index < -0.39 is 17.8 Å². The Kier molecular flexibility index (Phi) is 6.30. The third kappa shape index (κ3) is 4.77. The smallest absolute Gasteiger partial charge is 0.334 e. The molecule has 0 aromatic carbocycles. The molecular weight excluding hydrogens is 319 g/mol. The first-order chi connectivity index (χ1) is 11.4. The number of hydrogen-bond acceptors (Lipinski definition) is 6. The Morgan fingerprint density at radius 3 is 2.29 bits per heavy atom. The van der Waals surface area contributed by atoms with Crippen LogP contribution in [-0.2, 0) is 24.0 Å². The summed E-state index contributed by atoms with van der Waals surface area (Å²) in [4.78, 5) is 53.2. The Labute approximate surface area is 141 Å². The molecule has 8 nitrogen and oxygen atoms in total. The molecule has 0 spiro atoms. The molecule has 0 aromatic heterocycles. The van der Waals surface area contributed by atoms with Crippen LogP contribution in [0.15, 0.2) is 0 Å². The van der Waals surface area contributed by atoms with Crippen molar-refractivity contribution in [2.45, 2.75) is 64.5 Å². The summed E-state index contributed by atoms with van der Waals surface area (Å²) in [7, 11) is 0. The lowest BCUT2D eigenvalue weighted by molar-refractivity contribution is -0.197. The zero-order chi connectivity index (χ0) is 17.7. The lowest BCUT2D eigenvalue weighted by atomic mass is 10.1. The predicted octanol–water partition coefficient (Wildman–Crippen LogP) is 0.363. The fraction of sp³-hybridized carbons (Fsp3) is 0.750. The van der Waals surface area contributed by atoms with E-state index in [1.807, 2.05) is 0 Å². The molecule has 2 rings (SSSR count). The molecule has 2 aliphatic rings. The van der Waals surface area contributed by atoms with E-state index in [9.17, 15) is 19.2 Å². The molecule has 2 heterocycles. The van der Waals surface area contributed by atoms with E-state index in [1.165, 1.54) is 6.42 Å². The molecule has 0 saturated carbocycles. The van der Waals surface area contributed by atoms with Crippen LogP contribution in [0, 0.1) is 0 Å². The normalized spacial score (nSPS) is 25.0. The van der Waals surface area contributed by atoms with Crippen LogP contribution < -0.4 is 5.32 Å². The van der Waals surface area contributed by atoms with Crippen molar-refractivity contribution in [1.29, 1.82) is 0 Å². The van der Waals surface area contributed by atoms with E-state index >= 15 is 0 Å². The summed E-state index contributed by atoms with van der Waals surface area (Å²) in [6.45, 7) is 4.65. The minimum absolute atomic E-state index is 0.0645. The third-order valence-electron chi connectivity index (χ3n) is 4.55. The number of imide groups is 1. The fourth-order valence-electron chi connectivity index (χ4n) is 3.12. The Bertz CT molecular complexity index is 496. The number of likely N-dealkylation sites (tertiary alicyclic amines) is 1. The minimum atomic E-state index is -0.710. The second-order valence-electron chi connectivity index (χ2n) is 6.45. The van der Waals surface area contributed by atoms with Crippen molar-refractivity contribution in [2.24, 2.45) is 0 Å². The van der Waals surface area contributed by atoms with Gasteiger partial charge in [-0.3, -0.25) is 19.3 Å². The van der Waals surface area contributed by atoms with E-state index in [1.54, 1.807) is 0 Å². The highest BCUT2D eigenvalue weighted by atomic mass is 16.7. The molecule has 1 N–H and O–H groups in total. The molecule has 2 saturated heterocycles. The first-order valence-electron chi connectivity index (χ1n) is 8.47. The fourth-order valence-corrected chi connectivity index (χ4v) is 3.12. The summed E-state index contributed by atoms with van der Waals surface area (Å²) >= 11 is 0. The van der Waals surface area contributed by atoms with Gasteiger partial charge in [-0.25, -0.2) is 4.79 Å². The van der Waals surface area contributed by atoms with Crippen LogP contribution in [-0.4, -0.2) is 58.8 Å². The first kappa shape index (κ1) is 18.4. The lowest BCUT2D eigenvalue weighted by Gasteiger charge is -2.38. The second kappa shape index (κ2) is 8.23. The van der Waals surface area contributed by atoms with Gasteiger partial charge in [0, 0.05) is 31.5 Å². The van der Waals surface area contributed by atoms with Gasteiger partial charge < -0.3 is 10.2 Å². The number of piperidine rings is 1. The maximum atomic E-state index is 12.0. The highest BCUT2D eigenvalue weighted by Gasteiger charge is 2.32. The monoisotopic (exact) mass is 344 g/mol. The molecule has 134 valence electrons. The molecule has 0 unspecified atom stereocenters. The molecule has 0 aromatic rings. The van der Waals surface area contributed by atoms with Gasteiger partial charge in [0.2, 0.25) is 5.91 Å². The van der Waals surface area contributed by atoms with Gasteiger partial charge in [0.05, 0.1) is 13.0 Å². The SMILES string of the molecule is [13CH3][C@@H]1CCC[C@H]([13CH3])N1[13CH2][13C](=O)[15NH]CCC(=O)ON1C(=O)CCC1=O. The summed E-state index contributed by atoms with van der Waals surface area (Å²) in [6, 6.07) is 0.744. The average molecular weight is 344 g/mol. The van der Waals surface area contributed by atoms with E-state index in [2.05, 4.69) is 24.1 Å². The molecule has 24 heavy (non-hydrogen) atoms. The Hall–Kier alpha value is -1.96. The van der Waals surface area contributed by atoms with Gasteiger partial charge in [0.15, 0.2) is 0 Å². The van der Waals surface area contributed by atoms with Gasteiger partial charge in [-0.15, -0.1) is 5.06 Å². The minimum Gasteiger partial charge on any atom is -0.354 e. The summed E-state index contributed by atoms with van der Waals surface area (Å²) in [5.74, 6) is -1.87. The van der Waals surface area contributed by atoms with Gasteiger partial charge in [-0.2, -0.15) is 0 Å². The number of amides is 3. The van der Waals surface area contributed by atoms with E-state index in [0.717, 1.165) is 12.8 Å². The Morgan fingerprint density at radius 2 is 1.71 bits per heavy atom. The van der Waals surface area contributed by atoms with Crippen molar-refractivity contribution in [3.05, 3.63) is 0 Å². The highest BCUT2D eigenvalue weighted by molar-refractivity contribution is 6.01. The van der Waals surface area contributed by atoms with E-state index in [-0.39, 0.29) is 31.7 Å². The number of hydroxylamine groups is 2. The van der Waals surface area contributed by atoms with Crippen molar-refractivity contribution in [1.82, 2.24) is 15.3 Å². The van der Waals surface area contributed by atoms with Gasteiger partial charge in [-0.05, 0) is 26.7 Å². The first-order valence-corrected chi connectivity index (χ1v) is 8.47. The molecule has 3 amide bonds. The quantitative estimate of drug-likeness (QED) is 0.425. The Balaban J connectivity index is 1.67. The largest absolute Gasteiger partial charge is 0.354 e. The van der Waals surface area contributed by atoms with Crippen LogP contribution in [0.4, 0.5) is 0 Å². The molecule has 2 fully saturated rings. The van der Waals surface area contributed by atoms with Gasteiger partial charge >= 0.3 is 5.97 Å². The molecule has 0 radical (unpaired) electrons. The zero-order valence-electron chi connectivity index (χ0n) is 14.2. The Morgan fingerprint density at radius 1 is 1.12 bits per heavy atom. The summed E-state index contributed by atoms with van der Waals surface area (Å²) in [5, 5.41) is 3.19. The van der Waals surface area contributed by atoms with Crippen LogP contribution in [0.5, 0.6) is 0 Å². The number of nitrogens with zero attached hydrogens (tertiary/aromatic N) is 2. The van der Waals surface area contributed by atoms with Crippen molar-refractivity contribution in [2.75, 3.05) is 13.1 Å². The van der Waals surface area contributed by atoms with Crippen LogP contribution in [0.2, 0.25) is 0 Å². The molecule has 2 aliphatic heterocycles. The summed E-state index contributed by atoms with van der Waals surface area (Å²) < 4.78 is 0. The van der Waals surface area contributed by atoms with E-state index in [4.69, 9.17) is 4.84 Å². The molecule has 8 heteroatoms. The van der Waals surface area contributed by atoms with Gasteiger partial charge in [-0.1, -0.05) is 6.42 Å². The average Bonchev–Trinajstić information content (AvgIpc) is 2.83. The lowest BCUT2D eigenvalue weighted by Crippen LogP contribution is -2.48. The number of rotatable bonds is 6. The second-order valence-corrected chi connectivity index (χ2v) is 6.45.